The van der Waals surface area contributed by atoms with Crippen LogP contribution >= 0.6 is 0 Å². The Labute approximate surface area is 87.9 Å². The fraction of sp³-hybridized carbons (Fsp3) is 0.615. The molecule has 0 aromatic rings. The van der Waals surface area contributed by atoms with Crippen LogP contribution in [0.2, 0.25) is 0 Å². The molecule has 0 aliphatic carbocycles. The predicted octanol–water partition coefficient (Wildman–Crippen LogP) is 3.90. The molecule has 1 heteroatoms. The normalized spacial score (nSPS) is 13.6. The second-order valence-corrected chi connectivity index (χ2v) is 4.18. The van der Waals surface area contributed by atoms with Gasteiger partial charge in [-0.15, -0.1) is 0 Å². The van der Waals surface area contributed by atoms with Crippen LogP contribution in [0.5, 0.6) is 0 Å². The number of hydrogen-bond acceptors (Lipinski definition) is 1. The average molecular weight is 194 g/mol. The number of ketones is 1. The molecule has 0 radical (unpaired) electrons. The Balaban J connectivity index is 4.56. The van der Waals surface area contributed by atoms with Crippen LogP contribution < -0.4 is 0 Å². The lowest BCUT2D eigenvalue weighted by molar-refractivity contribution is -0.117. The second kappa shape index (κ2) is 6.58. The van der Waals surface area contributed by atoms with Crippen molar-refractivity contribution in [3.63, 3.8) is 0 Å². The fourth-order valence-corrected chi connectivity index (χ4v) is 1.41. The van der Waals surface area contributed by atoms with E-state index in [0.717, 1.165) is 6.42 Å². The van der Waals surface area contributed by atoms with Crippen LogP contribution in [-0.2, 0) is 4.79 Å². The third-order valence-electron chi connectivity index (χ3n) is 2.13. The van der Waals surface area contributed by atoms with Crippen molar-refractivity contribution in [2.24, 2.45) is 5.92 Å². The van der Waals surface area contributed by atoms with Gasteiger partial charge in [0.1, 0.15) is 5.78 Å². The van der Waals surface area contributed by atoms with E-state index in [1.807, 2.05) is 0 Å². The molecule has 0 saturated carbocycles. The van der Waals surface area contributed by atoms with Crippen molar-refractivity contribution in [3.05, 3.63) is 23.3 Å². The molecular weight excluding hydrogens is 172 g/mol. The molecule has 0 aliphatic rings. The summed E-state index contributed by atoms with van der Waals surface area (Å²) in [7, 11) is 0. The maximum absolute atomic E-state index is 11.0. The van der Waals surface area contributed by atoms with Gasteiger partial charge in [-0.3, -0.25) is 4.79 Å². The number of hydrogen-bond donors (Lipinski definition) is 0. The average Bonchev–Trinajstić information content (AvgIpc) is 2.01. The topological polar surface area (TPSA) is 17.1 Å². The van der Waals surface area contributed by atoms with Crippen molar-refractivity contribution < 1.29 is 4.79 Å². The molecular formula is C13H22O. The van der Waals surface area contributed by atoms with Gasteiger partial charge in [0.25, 0.3) is 0 Å². The van der Waals surface area contributed by atoms with Gasteiger partial charge in [0.15, 0.2) is 0 Å². The van der Waals surface area contributed by atoms with E-state index in [9.17, 15) is 4.79 Å². The van der Waals surface area contributed by atoms with Gasteiger partial charge in [-0.1, -0.05) is 30.2 Å². The highest BCUT2D eigenvalue weighted by Crippen LogP contribution is 2.14. The van der Waals surface area contributed by atoms with Gasteiger partial charge in [-0.2, -0.15) is 0 Å². The van der Waals surface area contributed by atoms with Gasteiger partial charge in [0.2, 0.25) is 0 Å². The number of allylic oxidation sites excluding steroid dienone is 4. The number of carbonyl (C=O) groups is 1. The summed E-state index contributed by atoms with van der Waals surface area (Å²) in [5.74, 6) is 0.546. The van der Waals surface area contributed by atoms with E-state index in [-0.39, 0.29) is 11.7 Å². The van der Waals surface area contributed by atoms with Crippen molar-refractivity contribution in [3.8, 4) is 0 Å². The van der Waals surface area contributed by atoms with Crippen molar-refractivity contribution in [1.82, 2.24) is 0 Å². The smallest absolute Gasteiger partial charge is 0.130 e. The molecule has 0 N–H and O–H groups in total. The SMILES string of the molecule is CC/C(C)=C/C(C=C(C)C)CC(C)=O. The molecule has 1 atom stereocenters. The van der Waals surface area contributed by atoms with E-state index in [2.05, 4.69) is 39.8 Å². The first-order valence-corrected chi connectivity index (χ1v) is 5.27. The van der Waals surface area contributed by atoms with E-state index in [0.29, 0.717) is 6.42 Å². The van der Waals surface area contributed by atoms with Gasteiger partial charge in [0, 0.05) is 12.3 Å². The quantitative estimate of drug-likeness (QED) is 0.606. The summed E-state index contributed by atoms with van der Waals surface area (Å²) >= 11 is 0. The summed E-state index contributed by atoms with van der Waals surface area (Å²) in [5.41, 5.74) is 2.63. The van der Waals surface area contributed by atoms with Gasteiger partial charge in [-0.25, -0.2) is 0 Å². The summed E-state index contributed by atoms with van der Waals surface area (Å²) in [6.45, 7) is 10.1. The minimum absolute atomic E-state index is 0.257. The molecule has 0 amide bonds. The van der Waals surface area contributed by atoms with Crippen LogP contribution in [0.1, 0.15) is 47.5 Å². The third-order valence-corrected chi connectivity index (χ3v) is 2.13. The lowest BCUT2D eigenvalue weighted by atomic mass is 9.97. The first-order valence-electron chi connectivity index (χ1n) is 5.27. The monoisotopic (exact) mass is 194 g/mol. The van der Waals surface area contributed by atoms with Crippen LogP contribution in [0.3, 0.4) is 0 Å². The van der Waals surface area contributed by atoms with Crippen LogP contribution in [0.4, 0.5) is 0 Å². The van der Waals surface area contributed by atoms with Gasteiger partial charge < -0.3 is 0 Å². The summed E-state index contributed by atoms with van der Waals surface area (Å²) in [6, 6.07) is 0. The van der Waals surface area contributed by atoms with E-state index >= 15 is 0 Å². The summed E-state index contributed by atoms with van der Waals surface area (Å²) in [6.07, 6.45) is 6.06. The Morgan fingerprint density at radius 2 is 1.71 bits per heavy atom. The molecule has 0 heterocycles. The Kier molecular flexibility index (Phi) is 6.18. The van der Waals surface area contributed by atoms with Crippen LogP contribution in [0.15, 0.2) is 23.3 Å². The van der Waals surface area contributed by atoms with Crippen molar-refractivity contribution in [2.45, 2.75) is 47.5 Å². The van der Waals surface area contributed by atoms with Crippen molar-refractivity contribution in [1.29, 1.82) is 0 Å². The number of carbonyl (C=O) groups excluding carboxylic acids is 1. The fourth-order valence-electron chi connectivity index (χ4n) is 1.41. The lowest BCUT2D eigenvalue weighted by Gasteiger charge is -2.08. The van der Waals surface area contributed by atoms with E-state index in [1.165, 1.54) is 11.1 Å². The first-order chi connectivity index (χ1) is 6.45. The Morgan fingerprint density at radius 3 is 2.07 bits per heavy atom. The second-order valence-electron chi connectivity index (χ2n) is 4.18. The maximum Gasteiger partial charge on any atom is 0.130 e. The molecule has 0 bridgehead atoms. The zero-order valence-corrected chi connectivity index (χ0v) is 10.1. The molecule has 0 saturated heterocycles. The molecule has 0 aliphatic heterocycles. The Bertz CT molecular complexity index is 242. The summed E-state index contributed by atoms with van der Waals surface area (Å²) < 4.78 is 0. The van der Waals surface area contributed by atoms with E-state index < -0.39 is 0 Å². The van der Waals surface area contributed by atoms with Crippen molar-refractivity contribution in [2.75, 3.05) is 0 Å². The Morgan fingerprint density at radius 1 is 1.14 bits per heavy atom. The van der Waals surface area contributed by atoms with Gasteiger partial charge in [-0.05, 0) is 34.1 Å². The predicted molar refractivity (Wildman–Crippen MR) is 62.3 cm³/mol. The highest BCUT2D eigenvalue weighted by Gasteiger charge is 2.05. The van der Waals surface area contributed by atoms with E-state index in [4.69, 9.17) is 0 Å². The molecule has 0 aromatic carbocycles. The van der Waals surface area contributed by atoms with Crippen LogP contribution in [0, 0.1) is 5.92 Å². The van der Waals surface area contributed by atoms with Crippen LogP contribution in [-0.4, -0.2) is 5.78 Å². The maximum atomic E-state index is 11.0. The molecule has 1 nitrogen and oxygen atoms in total. The summed E-state index contributed by atoms with van der Waals surface area (Å²) in [4.78, 5) is 11.0. The molecule has 14 heavy (non-hydrogen) atoms. The largest absolute Gasteiger partial charge is 0.300 e. The molecule has 80 valence electrons. The van der Waals surface area contributed by atoms with Gasteiger partial charge in [0.05, 0.1) is 0 Å². The molecule has 0 rings (SSSR count). The highest BCUT2D eigenvalue weighted by molar-refractivity contribution is 5.76. The lowest BCUT2D eigenvalue weighted by Crippen LogP contribution is -2.01. The molecule has 1 unspecified atom stereocenters. The van der Waals surface area contributed by atoms with Crippen molar-refractivity contribution >= 4 is 5.78 Å². The minimum atomic E-state index is 0.257. The van der Waals surface area contributed by atoms with E-state index in [1.54, 1.807) is 6.92 Å². The zero-order chi connectivity index (χ0) is 11.1. The number of rotatable bonds is 5. The first kappa shape index (κ1) is 13.2. The Hall–Kier alpha value is -0.850. The standard InChI is InChI=1S/C13H22O/c1-6-11(4)8-13(7-10(2)3)9-12(5)14/h7-8,13H,6,9H2,1-5H3/b11-8+. The molecule has 0 aromatic heterocycles. The minimum Gasteiger partial charge on any atom is -0.300 e. The van der Waals surface area contributed by atoms with Gasteiger partial charge >= 0.3 is 0 Å². The zero-order valence-electron chi connectivity index (χ0n) is 10.1. The third kappa shape index (κ3) is 6.64. The molecule has 0 fully saturated rings. The van der Waals surface area contributed by atoms with Crippen LogP contribution in [0.25, 0.3) is 0 Å². The number of Topliss-reactive ketones (excluding diaryl/α,β-unsaturated/α-hetero) is 1. The molecule has 0 spiro atoms. The highest BCUT2D eigenvalue weighted by atomic mass is 16.1. The summed E-state index contributed by atoms with van der Waals surface area (Å²) in [5, 5.41) is 0.